The molecule has 0 bridgehead atoms. The normalized spacial score (nSPS) is 20.5. The zero-order valence-electron chi connectivity index (χ0n) is 14.0. The van der Waals surface area contributed by atoms with Crippen LogP contribution in [0.25, 0.3) is 0 Å². The summed E-state index contributed by atoms with van der Waals surface area (Å²) in [7, 11) is 4.61. The number of ether oxygens (including phenoxy) is 3. The van der Waals surface area contributed by atoms with Crippen molar-refractivity contribution in [2.24, 2.45) is 11.7 Å². The minimum Gasteiger partial charge on any atom is -0.493 e. The molecule has 2 unspecified atom stereocenters. The summed E-state index contributed by atoms with van der Waals surface area (Å²) in [4.78, 5) is 14.5. The molecule has 1 aromatic rings. The zero-order chi connectivity index (χ0) is 16.3. The molecule has 2 N–H and O–H groups in total. The Hall–Kier alpha value is -1.66. The summed E-state index contributed by atoms with van der Waals surface area (Å²) in [6.45, 7) is 3.40. The van der Waals surface area contributed by atoms with Crippen molar-refractivity contribution in [1.29, 1.82) is 0 Å². The van der Waals surface area contributed by atoms with Crippen LogP contribution in [0.2, 0.25) is 0 Å². The topological polar surface area (TPSA) is 74.0 Å². The number of halogens is 1. The lowest BCUT2D eigenvalue weighted by molar-refractivity contribution is 0.0663. The van der Waals surface area contributed by atoms with E-state index in [4.69, 9.17) is 19.9 Å². The highest BCUT2D eigenvalue weighted by Crippen LogP contribution is 2.38. The zero-order valence-corrected chi connectivity index (χ0v) is 14.8. The van der Waals surface area contributed by atoms with Crippen molar-refractivity contribution >= 4 is 18.3 Å². The van der Waals surface area contributed by atoms with Gasteiger partial charge >= 0.3 is 0 Å². The van der Waals surface area contributed by atoms with E-state index in [0.717, 1.165) is 6.42 Å². The van der Waals surface area contributed by atoms with Crippen molar-refractivity contribution in [2.45, 2.75) is 19.4 Å². The van der Waals surface area contributed by atoms with Crippen molar-refractivity contribution in [3.8, 4) is 17.2 Å². The van der Waals surface area contributed by atoms with E-state index in [2.05, 4.69) is 6.92 Å². The van der Waals surface area contributed by atoms with Crippen LogP contribution in [0.5, 0.6) is 17.2 Å². The van der Waals surface area contributed by atoms with Crippen molar-refractivity contribution in [3.05, 3.63) is 17.7 Å². The summed E-state index contributed by atoms with van der Waals surface area (Å²) in [6.07, 6.45) is 0.817. The summed E-state index contributed by atoms with van der Waals surface area (Å²) in [5.41, 5.74) is 6.54. The lowest BCUT2D eigenvalue weighted by Gasteiger charge is -2.35. The molecule has 0 aliphatic carbocycles. The van der Waals surface area contributed by atoms with E-state index in [-0.39, 0.29) is 24.4 Å². The largest absolute Gasteiger partial charge is 0.493 e. The average Bonchev–Trinajstić information content (AvgIpc) is 2.55. The molecule has 1 fully saturated rings. The van der Waals surface area contributed by atoms with Gasteiger partial charge in [-0.15, -0.1) is 12.4 Å². The van der Waals surface area contributed by atoms with Gasteiger partial charge in [0.25, 0.3) is 5.91 Å². The number of carbonyl (C=O) groups is 1. The fourth-order valence-electron chi connectivity index (χ4n) is 2.74. The lowest BCUT2D eigenvalue weighted by atomic mass is 9.94. The molecule has 1 heterocycles. The molecule has 0 spiro atoms. The third kappa shape index (κ3) is 4.00. The molecule has 1 saturated heterocycles. The number of rotatable bonds is 4. The molecular formula is C16H25ClN2O4. The van der Waals surface area contributed by atoms with E-state index >= 15 is 0 Å². The Labute approximate surface area is 143 Å². The van der Waals surface area contributed by atoms with Crippen LogP contribution in [-0.4, -0.2) is 51.3 Å². The summed E-state index contributed by atoms with van der Waals surface area (Å²) in [5.74, 6) is 1.69. The van der Waals surface area contributed by atoms with Gasteiger partial charge in [-0.05, 0) is 24.5 Å². The first-order valence-corrected chi connectivity index (χ1v) is 7.36. The highest BCUT2D eigenvalue weighted by molar-refractivity contribution is 5.95. The van der Waals surface area contributed by atoms with Crippen LogP contribution >= 0.6 is 12.4 Å². The van der Waals surface area contributed by atoms with Crippen LogP contribution in [0.3, 0.4) is 0 Å². The van der Waals surface area contributed by atoms with Gasteiger partial charge in [-0.2, -0.15) is 0 Å². The van der Waals surface area contributed by atoms with Gasteiger partial charge in [-0.3, -0.25) is 4.79 Å². The van der Waals surface area contributed by atoms with E-state index in [9.17, 15) is 4.79 Å². The molecule has 1 aliphatic rings. The number of nitrogens with two attached hydrogens (primary N) is 1. The number of benzene rings is 1. The quantitative estimate of drug-likeness (QED) is 0.903. The number of likely N-dealkylation sites (tertiary alicyclic amines) is 1. The Bertz CT molecular complexity index is 528. The van der Waals surface area contributed by atoms with E-state index in [1.54, 1.807) is 12.1 Å². The van der Waals surface area contributed by atoms with E-state index in [1.165, 1.54) is 21.3 Å². The summed E-state index contributed by atoms with van der Waals surface area (Å²) in [5, 5.41) is 0. The van der Waals surface area contributed by atoms with Gasteiger partial charge in [-0.1, -0.05) is 6.92 Å². The van der Waals surface area contributed by atoms with Crippen LogP contribution in [0.4, 0.5) is 0 Å². The smallest absolute Gasteiger partial charge is 0.254 e. The average molecular weight is 345 g/mol. The SMILES string of the molecule is COc1cc(C(=O)N2CCC(N)C(C)C2)cc(OC)c1OC.Cl. The molecule has 6 nitrogen and oxygen atoms in total. The maximum Gasteiger partial charge on any atom is 0.254 e. The second-order valence-corrected chi connectivity index (χ2v) is 5.59. The standard InChI is InChI=1S/C16H24N2O4.ClH/c1-10-9-18(6-5-12(10)17)16(19)11-7-13(20-2)15(22-4)14(8-11)21-3;/h7-8,10,12H,5-6,9,17H2,1-4H3;1H. The van der Waals surface area contributed by atoms with Crippen molar-refractivity contribution in [2.75, 3.05) is 34.4 Å². The number of hydrogen-bond acceptors (Lipinski definition) is 5. The Morgan fingerprint density at radius 2 is 1.74 bits per heavy atom. The summed E-state index contributed by atoms with van der Waals surface area (Å²) >= 11 is 0. The number of methoxy groups -OCH3 is 3. The molecular weight excluding hydrogens is 320 g/mol. The molecule has 1 aromatic carbocycles. The van der Waals surface area contributed by atoms with Gasteiger partial charge in [0.1, 0.15) is 0 Å². The Morgan fingerprint density at radius 3 is 2.17 bits per heavy atom. The lowest BCUT2D eigenvalue weighted by Crippen LogP contribution is -2.48. The van der Waals surface area contributed by atoms with Gasteiger partial charge in [0.15, 0.2) is 11.5 Å². The fourth-order valence-corrected chi connectivity index (χ4v) is 2.74. The molecule has 0 saturated carbocycles. The number of piperidine rings is 1. The van der Waals surface area contributed by atoms with Crippen LogP contribution in [0, 0.1) is 5.92 Å². The minimum absolute atomic E-state index is 0. The predicted octanol–water partition coefficient (Wildman–Crippen LogP) is 1.94. The van der Waals surface area contributed by atoms with E-state index in [0.29, 0.717) is 41.8 Å². The molecule has 1 amide bonds. The second kappa shape index (κ2) is 8.26. The number of carbonyl (C=O) groups excluding carboxylic acids is 1. The summed E-state index contributed by atoms with van der Waals surface area (Å²) in [6, 6.07) is 3.52. The highest BCUT2D eigenvalue weighted by Gasteiger charge is 2.28. The second-order valence-electron chi connectivity index (χ2n) is 5.59. The summed E-state index contributed by atoms with van der Waals surface area (Å²) < 4.78 is 15.9. The van der Waals surface area contributed by atoms with Crippen LogP contribution in [-0.2, 0) is 0 Å². The molecule has 7 heteroatoms. The van der Waals surface area contributed by atoms with E-state index < -0.39 is 0 Å². The third-order valence-electron chi connectivity index (χ3n) is 4.17. The molecule has 0 aromatic heterocycles. The van der Waals surface area contributed by atoms with Crippen molar-refractivity contribution in [3.63, 3.8) is 0 Å². The molecule has 130 valence electrons. The maximum atomic E-state index is 12.7. The molecule has 2 rings (SSSR count). The van der Waals surface area contributed by atoms with Crippen LogP contribution < -0.4 is 19.9 Å². The first kappa shape index (κ1) is 19.4. The van der Waals surface area contributed by atoms with Gasteiger partial charge in [0, 0.05) is 24.7 Å². The van der Waals surface area contributed by atoms with Gasteiger partial charge in [-0.25, -0.2) is 0 Å². The van der Waals surface area contributed by atoms with Gasteiger partial charge in [0.05, 0.1) is 21.3 Å². The van der Waals surface area contributed by atoms with Crippen molar-refractivity contribution in [1.82, 2.24) is 4.90 Å². The Kier molecular flexibility index (Phi) is 6.97. The number of nitrogens with zero attached hydrogens (tertiary/aromatic N) is 1. The minimum atomic E-state index is -0.0435. The van der Waals surface area contributed by atoms with Crippen molar-refractivity contribution < 1.29 is 19.0 Å². The van der Waals surface area contributed by atoms with Crippen LogP contribution in [0.1, 0.15) is 23.7 Å². The monoisotopic (exact) mass is 344 g/mol. The third-order valence-corrected chi connectivity index (χ3v) is 4.17. The maximum absolute atomic E-state index is 12.7. The number of hydrogen-bond donors (Lipinski definition) is 1. The van der Waals surface area contributed by atoms with E-state index in [1.807, 2.05) is 4.90 Å². The Balaban J connectivity index is 0.00000264. The van der Waals surface area contributed by atoms with Crippen LogP contribution in [0.15, 0.2) is 12.1 Å². The predicted molar refractivity (Wildman–Crippen MR) is 91.0 cm³/mol. The van der Waals surface area contributed by atoms with Gasteiger partial charge < -0.3 is 24.8 Å². The fraction of sp³-hybridized carbons (Fsp3) is 0.562. The molecule has 2 atom stereocenters. The molecule has 23 heavy (non-hydrogen) atoms. The molecule has 1 aliphatic heterocycles. The first-order valence-electron chi connectivity index (χ1n) is 7.36. The first-order chi connectivity index (χ1) is 10.5. The highest BCUT2D eigenvalue weighted by atomic mass is 35.5. The molecule has 0 radical (unpaired) electrons. The van der Waals surface area contributed by atoms with Gasteiger partial charge in [0.2, 0.25) is 5.75 Å². The Morgan fingerprint density at radius 1 is 1.17 bits per heavy atom. The number of amides is 1.